The summed E-state index contributed by atoms with van der Waals surface area (Å²) < 4.78 is 15.2. The van der Waals surface area contributed by atoms with Gasteiger partial charge in [-0.3, -0.25) is 9.48 Å². The molecule has 4 nitrogen and oxygen atoms in total. The molecule has 1 heterocycles. The van der Waals surface area contributed by atoms with Gasteiger partial charge in [0.25, 0.3) is 0 Å². The van der Waals surface area contributed by atoms with E-state index in [9.17, 15) is 9.18 Å². The number of nitrogens with zero attached hydrogens (tertiary/aromatic N) is 3. The second-order valence-corrected chi connectivity index (χ2v) is 5.09. The maximum absolute atomic E-state index is 13.0. The molecule has 0 aliphatic heterocycles. The molecular formula is C13H13BrFN3O. The van der Waals surface area contributed by atoms with Gasteiger partial charge in [-0.1, -0.05) is 22.0 Å². The highest BCUT2D eigenvalue weighted by Gasteiger charge is 2.14. The summed E-state index contributed by atoms with van der Waals surface area (Å²) in [5, 5.41) is 4.02. The van der Waals surface area contributed by atoms with Crippen LogP contribution in [-0.4, -0.2) is 22.7 Å². The Labute approximate surface area is 119 Å². The SMILES string of the molecule is CN(C(=O)Cc1ccc(F)cc1Br)c1cnn(C)c1. The molecule has 0 saturated heterocycles. The van der Waals surface area contributed by atoms with Gasteiger partial charge in [0.2, 0.25) is 5.91 Å². The molecule has 0 saturated carbocycles. The van der Waals surface area contributed by atoms with Crippen LogP contribution in [0.1, 0.15) is 5.56 Å². The van der Waals surface area contributed by atoms with E-state index in [0.717, 1.165) is 11.3 Å². The van der Waals surface area contributed by atoms with Gasteiger partial charge in [-0.05, 0) is 17.7 Å². The zero-order chi connectivity index (χ0) is 14.0. The van der Waals surface area contributed by atoms with E-state index in [0.29, 0.717) is 4.47 Å². The van der Waals surface area contributed by atoms with Crippen LogP contribution >= 0.6 is 15.9 Å². The van der Waals surface area contributed by atoms with E-state index in [1.54, 1.807) is 37.2 Å². The quantitative estimate of drug-likeness (QED) is 0.869. The highest BCUT2D eigenvalue weighted by atomic mass is 79.9. The molecule has 2 rings (SSSR count). The first-order valence-corrected chi connectivity index (χ1v) is 6.46. The van der Waals surface area contributed by atoms with E-state index in [4.69, 9.17) is 0 Å². The normalized spacial score (nSPS) is 10.5. The number of aromatic nitrogens is 2. The van der Waals surface area contributed by atoms with Crippen molar-refractivity contribution < 1.29 is 9.18 Å². The summed E-state index contributed by atoms with van der Waals surface area (Å²) >= 11 is 3.26. The Kier molecular flexibility index (Phi) is 3.99. The average molecular weight is 326 g/mol. The minimum atomic E-state index is -0.330. The molecular weight excluding hydrogens is 313 g/mol. The Balaban J connectivity index is 2.12. The number of aryl methyl sites for hydroxylation is 1. The number of hydrogen-bond acceptors (Lipinski definition) is 2. The van der Waals surface area contributed by atoms with Gasteiger partial charge in [-0.15, -0.1) is 0 Å². The molecule has 0 N–H and O–H groups in total. The van der Waals surface area contributed by atoms with Gasteiger partial charge in [0.1, 0.15) is 5.82 Å². The minimum absolute atomic E-state index is 0.0830. The molecule has 1 amide bonds. The minimum Gasteiger partial charge on any atom is -0.312 e. The molecule has 0 aliphatic carbocycles. The van der Waals surface area contributed by atoms with Crippen LogP contribution in [-0.2, 0) is 18.3 Å². The van der Waals surface area contributed by atoms with E-state index in [1.165, 1.54) is 17.0 Å². The van der Waals surface area contributed by atoms with Crippen LogP contribution in [0, 0.1) is 5.82 Å². The molecule has 0 atom stereocenters. The van der Waals surface area contributed by atoms with Crippen LogP contribution in [0.4, 0.5) is 10.1 Å². The van der Waals surface area contributed by atoms with Gasteiger partial charge >= 0.3 is 0 Å². The monoisotopic (exact) mass is 325 g/mol. The molecule has 6 heteroatoms. The Morgan fingerprint density at radius 1 is 1.53 bits per heavy atom. The Bertz CT molecular complexity index is 612. The summed E-state index contributed by atoms with van der Waals surface area (Å²) in [6.07, 6.45) is 3.58. The lowest BCUT2D eigenvalue weighted by Gasteiger charge is -2.15. The summed E-state index contributed by atoms with van der Waals surface area (Å²) in [5.41, 5.74) is 1.48. The fraction of sp³-hybridized carbons (Fsp3) is 0.231. The van der Waals surface area contributed by atoms with Gasteiger partial charge in [-0.25, -0.2) is 4.39 Å². The fourth-order valence-corrected chi connectivity index (χ4v) is 2.16. The lowest BCUT2D eigenvalue weighted by molar-refractivity contribution is -0.117. The van der Waals surface area contributed by atoms with E-state index >= 15 is 0 Å². The third kappa shape index (κ3) is 3.20. The molecule has 100 valence electrons. The van der Waals surface area contributed by atoms with Gasteiger partial charge < -0.3 is 4.90 Å². The van der Waals surface area contributed by atoms with Crippen LogP contribution in [0.15, 0.2) is 35.1 Å². The van der Waals surface area contributed by atoms with Crippen molar-refractivity contribution in [2.75, 3.05) is 11.9 Å². The van der Waals surface area contributed by atoms with Crippen LogP contribution in [0.3, 0.4) is 0 Å². The third-order valence-electron chi connectivity index (χ3n) is 2.81. The Morgan fingerprint density at radius 2 is 2.26 bits per heavy atom. The molecule has 0 bridgehead atoms. The standard InChI is InChI=1S/C13H13BrFN3O/c1-17-8-11(7-16-17)18(2)13(19)5-9-3-4-10(15)6-12(9)14/h3-4,6-8H,5H2,1-2H3. The number of likely N-dealkylation sites (N-methyl/N-ethyl adjacent to an activating group) is 1. The molecule has 0 unspecified atom stereocenters. The van der Waals surface area contributed by atoms with Crippen LogP contribution in [0.25, 0.3) is 0 Å². The summed E-state index contributed by atoms with van der Waals surface area (Å²) in [7, 11) is 3.48. The largest absolute Gasteiger partial charge is 0.312 e. The maximum Gasteiger partial charge on any atom is 0.231 e. The van der Waals surface area contributed by atoms with E-state index in [2.05, 4.69) is 21.0 Å². The van der Waals surface area contributed by atoms with E-state index in [-0.39, 0.29) is 18.1 Å². The number of carbonyl (C=O) groups excluding carboxylic acids is 1. The van der Waals surface area contributed by atoms with Gasteiger partial charge in [0.05, 0.1) is 18.3 Å². The van der Waals surface area contributed by atoms with Crippen molar-refractivity contribution in [1.29, 1.82) is 0 Å². The van der Waals surface area contributed by atoms with Crippen molar-refractivity contribution in [3.63, 3.8) is 0 Å². The number of anilines is 1. The first-order chi connectivity index (χ1) is 8.97. The first-order valence-electron chi connectivity index (χ1n) is 5.66. The van der Waals surface area contributed by atoms with Gasteiger partial charge in [0, 0.05) is 24.8 Å². The lowest BCUT2D eigenvalue weighted by atomic mass is 10.1. The van der Waals surface area contributed by atoms with Crippen LogP contribution in [0.5, 0.6) is 0 Å². The van der Waals surface area contributed by atoms with Crippen LogP contribution in [0.2, 0.25) is 0 Å². The molecule has 0 aliphatic rings. The van der Waals surface area contributed by atoms with Crippen molar-refractivity contribution >= 4 is 27.5 Å². The summed E-state index contributed by atoms with van der Waals surface area (Å²) in [6, 6.07) is 4.30. The van der Waals surface area contributed by atoms with Gasteiger partial charge in [-0.2, -0.15) is 5.10 Å². The number of halogens is 2. The highest BCUT2D eigenvalue weighted by molar-refractivity contribution is 9.10. The van der Waals surface area contributed by atoms with Crippen molar-refractivity contribution in [2.45, 2.75) is 6.42 Å². The van der Waals surface area contributed by atoms with Crippen molar-refractivity contribution in [3.05, 3.63) is 46.4 Å². The average Bonchev–Trinajstić information content (AvgIpc) is 2.78. The number of carbonyl (C=O) groups is 1. The lowest BCUT2D eigenvalue weighted by Crippen LogP contribution is -2.27. The second-order valence-electron chi connectivity index (χ2n) is 4.24. The third-order valence-corrected chi connectivity index (χ3v) is 3.55. The van der Waals surface area contributed by atoms with Crippen molar-refractivity contribution in [3.8, 4) is 0 Å². The smallest absolute Gasteiger partial charge is 0.231 e. The zero-order valence-corrected chi connectivity index (χ0v) is 12.2. The highest BCUT2D eigenvalue weighted by Crippen LogP contribution is 2.20. The number of amides is 1. The predicted molar refractivity (Wildman–Crippen MR) is 74.4 cm³/mol. The van der Waals surface area contributed by atoms with Gasteiger partial charge in [0.15, 0.2) is 0 Å². The molecule has 0 spiro atoms. The number of benzene rings is 1. The van der Waals surface area contributed by atoms with E-state index < -0.39 is 0 Å². The fourth-order valence-electron chi connectivity index (χ4n) is 1.67. The molecule has 1 aromatic heterocycles. The Hall–Kier alpha value is -1.69. The molecule has 0 radical (unpaired) electrons. The molecule has 1 aromatic carbocycles. The maximum atomic E-state index is 13.0. The number of hydrogen-bond donors (Lipinski definition) is 0. The first kappa shape index (κ1) is 13.7. The Morgan fingerprint density at radius 3 is 2.84 bits per heavy atom. The van der Waals surface area contributed by atoms with Crippen molar-refractivity contribution in [1.82, 2.24) is 9.78 Å². The number of rotatable bonds is 3. The molecule has 0 fully saturated rings. The molecule has 19 heavy (non-hydrogen) atoms. The van der Waals surface area contributed by atoms with Crippen molar-refractivity contribution in [2.24, 2.45) is 7.05 Å². The molecule has 2 aromatic rings. The van der Waals surface area contributed by atoms with E-state index in [1.807, 2.05) is 0 Å². The summed E-state index contributed by atoms with van der Waals surface area (Å²) in [4.78, 5) is 13.7. The predicted octanol–water partition coefficient (Wildman–Crippen LogP) is 2.53. The van der Waals surface area contributed by atoms with Crippen LogP contribution < -0.4 is 4.90 Å². The zero-order valence-electron chi connectivity index (χ0n) is 10.6. The topological polar surface area (TPSA) is 38.1 Å². The second kappa shape index (κ2) is 5.52. The summed E-state index contributed by atoms with van der Waals surface area (Å²) in [5.74, 6) is -0.413. The summed E-state index contributed by atoms with van der Waals surface area (Å²) in [6.45, 7) is 0.